The standard InChI is InChI=1S/C16H22N4O/c1-5-13(16(17)21)19-14-9-18-20(12(14)4)15-8-10(2)6-7-11(15)3/h6-9,13,19H,5H2,1-4H3,(H2,17,21). The summed E-state index contributed by atoms with van der Waals surface area (Å²) in [7, 11) is 0. The summed E-state index contributed by atoms with van der Waals surface area (Å²) in [6, 6.07) is 5.89. The molecule has 1 aromatic heterocycles. The van der Waals surface area contributed by atoms with E-state index in [9.17, 15) is 4.79 Å². The van der Waals surface area contributed by atoms with Crippen LogP contribution in [0.5, 0.6) is 0 Å². The highest BCUT2D eigenvalue weighted by Gasteiger charge is 2.16. The molecule has 5 heteroatoms. The second-order valence-corrected chi connectivity index (χ2v) is 5.35. The minimum atomic E-state index is -0.375. The molecule has 2 aromatic rings. The Morgan fingerprint density at radius 2 is 2.10 bits per heavy atom. The van der Waals surface area contributed by atoms with Gasteiger partial charge in [-0.1, -0.05) is 19.1 Å². The highest BCUT2D eigenvalue weighted by molar-refractivity contribution is 5.83. The summed E-state index contributed by atoms with van der Waals surface area (Å²) in [6.07, 6.45) is 2.38. The Kier molecular flexibility index (Phi) is 4.31. The maximum absolute atomic E-state index is 11.4. The van der Waals surface area contributed by atoms with Crippen LogP contribution in [0.25, 0.3) is 5.69 Å². The molecule has 0 saturated heterocycles. The van der Waals surface area contributed by atoms with Crippen LogP contribution in [-0.2, 0) is 4.79 Å². The van der Waals surface area contributed by atoms with Crippen LogP contribution >= 0.6 is 0 Å². The van der Waals surface area contributed by atoms with Gasteiger partial charge in [-0.2, -0.15) is 5.10 Å². The molecule has 0 spiro atoms. The third-order valence-corrected chi connectivity index (χ3v) is 3.68. The summed E-state index contributed by atoms with van der Waals surface area (Å²) < 4.78 is 1.89. The lowest BCUT2D eigenvalue weighted by Crippen LogP contribution is -2.34. The van der Waals surface area contributed by atoms with Crippen molar-refractivity contribution in [1.82, 2.24) is 9.78 Å². The lowest BCUT2D eigenvalue weighted by molar-refractivity contribution is -0.118. The van der Waals surface area contributed by atoms with E-state index in [4.69, 9.17) is 5.73 Å². The van der Waals surface area contributed by atoms with Crippen LogP contribution in [0.2, 0.25) is 0 Å². The molecule has 112 valence electrons. The molecule has 1 heterocycles. The fraction of sp³-hybridized carbons (Fsp3) is 0.375. The molecule has 0 fully saturated rings. The predicted molar refractivity (Wildman–Crippen MR) is 84.7 cm³/mol. The van der Waals surface area contributed by atoms with Gasteiger partial charge in [-0.25, -0.2) is 4.68 Å². The van der Waals surface area contributed by atoms with Crippen molar-refractivity contribution in [3.63, 3.8) is 0 Å². The average molecular weight is 286 g/mol. The first-order valence-corrected chi connectivity index (χ1v) is 7.12. The van der Waals surface area contributed by atoms with Crippen LogP contribution in [0.1, 0.15) is 30.2 Å². The molecule has 1 unspecified atom stereocenters. The summed E-state index contributed by atoms with van der Waals surface area (Å²) in [5, 5.41) is 7.60. The minimum Gasteiger partial charge on any atom is -0.371 e. The van der Waals surface area contributed by atoms with Crippen LogP contribution in [0.4, 0.5) is 5.69 Å². The average Bonchev–Trinajstić information content (AvgIpc) is 2.79. The molecule has 0 radical (unpaired) electrons. The zero-order valence-electron chi connectivity index (χ0n) is 13.0. The summed E-state index contributed by atoms with van der Waals surface area (Å²) in [4.78, 5) is 11.4. The first-order valence-electron chi connectivity index (χ1n) is 7.12. The fourth-order valence-electron chi connectivity index (χ4n) is 2.30. The van der Waals surface area contributed by atoms with Gasteiger partial charge in [-0.3, -0.25) is 4.79 Å². The molecule has 0 aliphatic carbocycles. The molecule has 0 aliphatic rings. The second kappa shape index (κ2) is 5.99. The number of rotatable bonds is 5. The molecular weight excluding hydrogens is 264 g/mol. The number of benzene rings is 1. The van der Waals surface area contributed by atoms with Crippen LogP contribution in [-0.4, -0.2) is 21.7 Å². The van der Waals surface area contributed by atoms with Gasteiger partial charge in [0.25, 0.3) is 0 Å². The van der Waals surface area contributed by atoms with Crippen LogP contribution in [0.15, 0.2) is 24.4 Å². The summed E-state index contributed by atoms with van der Waals surface area (Å²) in [5.74, 6) is -0.351. The zero-order chi connectivity index (χ0) is 15.6. The maximum atomic E-state index is 11.4. The molecule has 0 aliphatic heterocycles. The summed E-state index contributed by atoms with van der Waals surface area (Å²) in [6.45, 7) is 8.01. The van der Waals surface area contributed by atoms with Gasteiger partial charge in [-0.05, 0) is 44.4 Å². The smallest absolute Gasteiger partial charge is 0.239 e. The quantitative estimate of drug-likeness (QED) is 0.887. The van der Waals surface area contributed by atoms with Gasteiger partial charge in [0.2, 0.25) is 5.91 Å². The van der Waals surface area contributed by atoms with Crippen LogP contribution in [0, 0.1) is 20.8 Å². The molecule has 1 aromatic carbocycles. The third-order valence-electron chi connectivity index (χ3n) is 3.68. The Balaban J connectivity index is 2.36. The lowest BCUT2D eigenvalue weighted by atomic mass is 10.1. The van der Waals surface area contributed by atoms with E-state index in [1.807, 2.05) is 18.5 Å². The van der Waals surface area contributed by atoms with Gasteiger partial charge in [-0.15, -0.1) is 0 Å². The van der Waals surface area contributed by atoms with Gasteiger partial charge in [0.1, 0.15) is 6.04 Å². The first-order chi connectivity index (χ1) is 9.93. The van der Waals surface area contributed by atoms with Gasteiger partial charge in [0.05, 0.1) is 23.3 Å². The molecule has 5 nitrogen and oxygen atoms in total. The molecule has 3 N–H and O–H groups in total. The zero-order valence-corrected chi connectivity index (χ0v) is 13.0. The van der Waals surface area contributed by atoms with Crippen LogP contribution < -0.4 is 11.1 Å². The molecule has 1 atom stereocenters. The summed E-state index contributed by atoms with van der Waals surface area (Å²) in [5.41, 5.74) is 10.6. The first kappa shape index (κ1) is 15.1. The van der Waals surface area contributed by atoms with E-state index in [2.05, 4.69) is 42.5 Å². The number of aryl methyl sites for hydroxylation is 2. The Morgan fingerprint density at radius 1 is 1.38 bits per heavy atom. The number of nitrogens with zero attached hydrogens (tertiary/aromatic N) is 2. The number of carbonyl (C=O) groups is 1. The van der Waals surface area contributed by atoms with Gasteiger partial charge < -0.3 is 11.1 Å². The van der Waals surface area contributed by atoms with Crippen molar-refractivity contribution in [3.8, 4) is 5.69 Å². The van der Waals surface area contributed by atoms with Crippen molar-refractivity contribution < 1.29 is 4.79 Å². The van der Waals surface area contributed by atoms with Crippen molar-refractivity contribution in [3.05, 3.63) is 41.2 Å². The van der Waals surface area contributed by atoms with Crippen molar-refractivity contribution in [2.75, 3.05) is 5.32 Å². The second-order valence-electron chi connectivity index (χ2n) is 5.35. The number of anilines is 1. The van der Waals surface area contributed by atoms with E-state index < -0.39 is 0 Å². The Hall–Kier alpha value is -2.30. The van der Waals surface area contributed by atoms with E-state index >= 15 is 0 Å². The Morgan fingerprint density at radius 3 is 2.71 bits per heavy atom. The SMILES string of the molecule is CCC(Nc1cnn(-c2cc(C)ccc2C)c1C)C(N)=O. The molecule has 0 bridgehead atoms. The number of nitrogens with one attached hydrogen (secondary N) is 1. The van der Waals surface area contributed by atoms with Crippen LogP contribution in [0.3, 0.4) is 0 Å². The topological polar surface area (TPSA) is 72.9 Å². The minimum absolute atomic E-state index is 0.351. The number of primary amides is 1. The Labute approximate surface area is 125 Å². The number of amides is 1. The third kappa shape index (κ3) is 3.07. The lowest BCUT2D eigenvalue weighted by Gasteiger charge is -2.15. The summed E-state index contributed by atoms with van der Waals surface area (Å²) >= 11 is 0. The van der Waals surface area contributed by atoms with Gasteiger partial charge in [0, 0.05) is 0 Å². The molecule has 21 heavy (non-hydrogen) atoms. The molecule has 0 saturated carbocycles. The van der Waals surface area contributed by atoms with Gasteiger partial charge in [0.15, 0.2) is 0 Å². The Bertz CT molecular complexity index is 660. The normalized spacial score (nSPS) is 12.2. The highest BCUT2D eigenvalue weighted by atomic mass is 16.1. The van der Waals surface area contributed by atoms with E-state index in [1.54, 1.807) is 6.20 Å². The predicted octanol–water partition coefficient (Wildman–Crippen LogP) is 2.47. The molecule has 2 rings (SSSR count). The van der Waals surface area contributed by atoms with E-state index in [-0.39, 0.29) is 11.9 Å². The number of aromatic nitrogens is 2. The van der Waals surface area contributed by atoms with Crippen molar-refractivity contribution in [1.29, 1.82) is 0 Å². The number of hydrogen-bond acceptors (Lipinski definition) is 3. The van der Waals surface area contributed by atoms with Crippen molar-refractivity contribution in [2.24, 2.45) is 5.73 Å². The van der Waals surface area contributed by atoms with E-state index in [0.29, 0.717) is 6.42 Å². The number of carbonyl (C=O) groups excluding carboxylic acids is 1. The largest absolute Gasteiger partial charge is 0.371 e. The van der Waals surface area contributed by atoms with Crippen molar-refractivity contribution >= 4 is 11.6 Å². The van der Waals surface area contributed by atoms with E-state index in [0.717, 1.165) is 22.6 Å². The molecular formula is C16H22N4O. The number of hydrogen-bond donors (Lipinski definition) is 2. The maximum Gasteiger partial charge on any atom is 0.239 e. The molecule has 1 amide bonds. The highest BCUT2D eigenvalue weighted by Crippen LogP contribution is 2.22. The fourth-order valence-corrected chi connectivity index (χ4v) is 2.30. The monoisotopic (exact) mass is 286 g/mol. The van der Waals surface area contributed by atoms with E-state index in [1.165, 1.54) is 5.56 Å². The van der Waals surface area contributed by atoms with Gasteiger partial charge >= 0.3 is 0 Å². The number of nitrogens with two attached hydrogens (primary N) is 1. The van der Waals surface area contributed by atoms with Crippen molar-refractivity contribution in [2.45, 2.75) is 40.2 Å².